The van der Waals surface area contributed by atoms with E-state index in [0.29, 0.717) is 6.61 Å². The molecule has 0 aliphatic heterocycles. The summed E-state index contributed by atoms with van der Waals surface area (Å²) >= 11 is 1.66. The zero-order valence-electron chi connectivity index (χ0n) is 8.45. The van der Waals surface area contributed by atoms with Crippen LogP contribution in [0.1, 0.15) is 30.0 Å². The van der Waals surface area contributed by atoms with Gasteiger partial charge in [0.15, 0.2) is 0 Å². The number of hydrogen-bond acceptors (Lipinski definition) is 4. The van der Waals surface area contributed by atoms with Crippen molar-refractivity contribution in [2.75, 3.05) is 7.11 Å². The number of methoxy groups -OCH3 is 1. The Morgan fingerprint density at radius 3 is 3.00 bits per heavy atom. The molecule has 1 aromatic rings. The molecule has 1 saturated carbocycles. The summed E-state index contributed by atoms with van der Waals surface area (Å²) in [7, 11) is 1.69. The van der Waals surface area contributed by atoms with E-state index in [0.717, 1.165) is 30.0 Å². The lowest BCUT2D eigenvalue weighted by Crippen LogP contribution is -2.48. The molecule has 4 heteroatoms. The lowest BCUT2D eigenvalue weighted by atomic mass is 9.75. The van der Waals surface area contributed by atoms with Gasteiger partial charge < -0.3 is 10.5 Å². The van der Waals surface area contributed by atoms with Gasteiger partial charge in [-0.1, -0.05) is 0 Å². The molecule has 0 aromatic carbocycles. The summed E-state index contributed by atoms with van der Waals surface area (Å²) in [5, 5.41) is 3.15. The Labute approximate surface area is 88.3 Å². The van der Waals surface area contributed by atoms with E-state index in [-0.39, 0.29) is 5.54 Å². The number of nitrogens with two attached hydrogens (primary N) is 1. The van der Waals surface area contributed by atoms with E-state index in [1.165, 1.54) is 6.42 Å². The second-order valence-electron chi connectivity index (χ2n) is 4.06. The van der Waals surface area contributed by atoms with E-state index in [1.807, 2.05) is 0 Å². The van der Waals surface area contributed by atoms with Gasteiger partial charge in [-0.3, -0.25) is 0 Å². The average molecular weight is 212 g/mol. The zero-order chi connectivity index (χ0) is 10.0. The summed E-state index contributed by atoms with van der Waals surface area (Å²) in [6, 6.07) is 0. The lowest BCUT2D eigenvalue weighted by Gasteiger charge is -2.37. The standard InChI is InChI=1S/C10H16N2OS/c1-13-6-9-12-8(7-14-9)5-10(11)3-2-4-10/h7H,2-6,11H2,1H3. The molecule has 2 N–H and O–H groups in total. The summed E-state index contributed by atoms with van der Waals surface area (Å²) in [6.07, 6.45) is 4.48. The van der Waals surface area contributed by atoms with E-state index in [4.69, 9.17) is 10.5 Å². The van der Waals surface area contributed by atoms with Crippen molar-refractivity contribution in [2.24, 2.45) is 5.73 Å². The van der Waals surface area contributed by atoms with E-state index in [1.54, 1.807) is 18.4 Å². The molecule has 0 bridgehead atoms. The molecule has 1 aliphatic carbocycles. The van der Waals surface area contributed by atoms with Crippen LogP contribution in [-0.4, -0.2) is 17.6 Å². The molecule has 1 aromatic heterocycles. The minimum absolute atomic E-state index is 0.0401. The van der Waals surface area contributed by atoms with Gasteiger partial charge in [-0.05, 0) is 19.3 Å². The first kappa shape index (κ1) is 10.1. The molecular formula is C10H16N2OS. The fraction of sp³-hybridized carbons (Fsp3) is 0.700. The van der Waals surface area contributed by atoms with Crippen LogP contribution in [-0.2, 0) is 17.8 Å². The summed E-state index contributed by atoms with van der Waals surface area (Å²) < 4.78 is 5.03. The van der Waals surface area contributed by atoms with Crippen molar-refractivity contribution in [1.29, 1.82) is 0 Å². The molecule has 1 fully saturated rings. The van der Waals surface area contributed by atoms with Crippen LogP contribution < -0.4 is 5.73 Å². The molecule has 78 valence electrons. The van der Waals surface area contributed by atoms with Gasteiger partial charge in [-0.25, -0.2) is 4.98 Å². The Bertz CT molecular complexity index is 307. The zero-order valence-corrected chi connectivity index (χ0v) is 9.27. The predicted molar refractivity (Wildman–Crippen MR) is 57.3 cm³/mol. The van der Waals surface area contributed by atoms with Gasteiger partial charge in [0.25, 0.3) is 0 Å². The van der Waals surface area contributed by atoms with Crippen molar-refractivity contribution in [3.05, 3.63) is 16.1 Å². The Kier molecular flexibility index (Phi) is 2.85. The smallest absolute Gasteiger partial charge is 0.119 e. The van der Waals surface area contributed by atoms with Crippen LogP contribution in [0.4, 0.5) is 0 Å². The van der Waals surface area contributed by atoms with Crippen molar-refractivity contribution in [2.45, 2.75) is 37.8 Å². The highest BCUT2D eigenvalue weighted by Gasteiger charge is 2.33. The van der Waals surface area contributed by atoms with Gasteiger partial charge in [0, 0.05) is 24.4 Å². The summed E-state index contributed by atoms with van der Waals surface area (Å²) in [6.45, 7) is 0.613. The topological polar surface area (TPSA) is 48.1 Å². The highest BCUT2D eigenvalue weighted by Crippen LogP contribution is 2.32. The van der Waals surface area contributed by atoms with Gasteiger partial charge in [-0.2, -0.15) is 0 Å². The Hall–Kier alpha value is -0.450. The first-order chi connectivity index (χ1) is 6.72. The summed E-state index contributed by atoms with van der Waals surface area (Å²) in [4.78, 5) is 4.48. The fourth-order valence-electron chi connectivity index (χ4n) is 1.79. The van der Waals surface area contributed by atoms with Crippen LogP contribution in [0.15, 0.2) is 5.38 Å². The van der Waals surface area contributed by atoms with E-state index in [2.05, 4.69) is 10.4 Å². The van der Waals surface area contributed by atoms with Crippen molar-refractivity contribution >= 4 is 11.3 Å². The lowest BCUT2D eigenvalue weighted by molar-refractivity contribution is 0.184. The van der Waals surface area contributed by atoms with Gasteiger partial charge >= 0.3 is 0 Å². The van der Waals surface area contributed by atoms with Gasteiger partial charge in [0.2, 0.25) is 0 Å². The van der Waals surface area contributed by atoms with E-state index < -0.39 is 0 Å². The third-order valence-electron chi connectivity index (χ3n) is 2.75. The van der Waals surface area contributed by atoms with Gasteiger partial charge in [0.1, 0.15) is 5.01 Å². The monoisotopic (exact) mass is 212 g/mol. The molecule has 0 saturated heterocycles. The molecule has 0 atom stereocenters. The average Bonchev–Trinajstić information content (AvgIpc) is 2.51. The number of aromatic nitrogens is 1. The molecule has 1 heterocycles. The first-order valence-corrected chi connectivity index (χ1v) is 5.81. The first-order valence-electron chi connectivity index (χ1n) is 4.93. The Morgan fingerprint density at radius 2 is 2.43 bits per heavy atom. The molecule has 3 nitrogen and oxygen atoms in total. The molecule has 2 rings (SSSR count). The third-order valence-corrected chi connectivity index (χ3v) is 3.62. The number of nitrogens with zero attached hydrogens (tertiary/aromatic N) is 1. The molecule has 0 spiro atoms. The Balaban J connectivity index is 1.95. The van der Waals surface area contributed by atoms with Crippen LogP contribution in [0.5, 0.6) is 0 Å². The highest BCUT2D eigenvalue weighted by molar-refractivity contribution is 7.09. The van der Waals surface area contributed by atoms with E-state index >= 15 is 0 Å². The normalized spacial score (nSPS) is 19.3. The second-order valence-corrected chi connectivity index (χ2v) is 5.00. The van der Waals surface area contributed by atoms with Crippen LogP contribution in [0.25, 0.3) is 0 Å². The molecule has 14 heavy (non-hydrogen) atoms. The number of hydrogen-bond donors (Lipinski definition) is 1. The minimum Gasteiger partial charge on any atom is -0.378 e. The number of ether oxygens (including phenoxy) is 1. The van der Waals surface area contributed by atoms with Crippen molar-refractivity contribution in [1.82, 2.24) is 4.98 Å². The second kappa shape index (κ2) is 3.96. The SMILES string of the molecule is COCc1nc(CC2(N)CCC2)cs1. The van der Waals surface area contributed by atoms with Crippen molar-refractivity contribution in [3.8, 4) is 0 Å². The molecule has 0 radical (unpaired) electrons. The third kappa shape index (κ3) is 2.13. The van der Waals surface area contributed by atoms with Gasteiger partial charge in [-0.15, -0.1) is 11.3 Å². The maximum atomic E-state index is 6.15. The summed E-state index contributed by atoms with van der Waals surface area (Å²) in [5.74, 6) is 0. The van der Waals surface area contributed by atoms with Crippen LogP contribution in [0.2, 0.25) is 0 Å². The van der Waals surface area contributed by atoms with Gasteiger partial charge in [0.05, 0.1) is 12.3 Å². The maximum Gasteiger partial charge on any atom is 0.119 e. The predicted octanol–water partition coefficient (Wildman–Crippen LogP) is 1.71. The minimum atomic E-state index is 0.0401. The highest BCUT2D eigenvalue weighted by atomic mass is 32.1. The van der Waals surface area contributed by atoms with Crippen molar-refractivity contribution in [3.63, 3.8) is 0 Å². The summed E-state index contributed by atoms with van der Waals surface area (Å²) in [5.41, 5.74) is 7.32. The fourth-order valence-corrected chi connectivity index (χ4v) is 2.55. The number of thiazole rings is 1. The Morgan fingerprint density at radius 1 is 1.64 bits per heavy atom. The molecular weight excluding hydrogens is 196 g/mol. The van der Waals surface area contributed by atoms with E-state index in [9.17, 15) is 0 Å². The number of rotatable bonds is 4. The van der Waals surface area contributed by atoms with Crippen LogP contribution in [0, 0.1) is 0 Å². The maximum absolute atomic E-state index is 6.15. The largest absolute Gasteiger partial charge is 0.378 e. The quantitative estimate of drug-likeness (QED) is 0.826. The van der Waals surface area contributed by atoms with Crippen LogP contribution in [0.3, 0.4) is 0 Å². The van der Waals surface area contributed by atoms with Crippen molar-refractivity contribution < 1.29 is 4.74 Å². The molecule has 1 aliphatic rings. The van der Waals surface area contributed by atoms with Crippen LogP contribution >= 0.6 is 11.3 Å². The molecule has 0 unspecified atom stereocenters. The molecule has 0 amide bonds.